The highest BCUT2D eigenvalue weighted by Gasteiger charge is 2.27. The molecule has 4 aromatic rings. The van der Waals surface area contributed by atoms with E-state index in [1.54, 1.807) is 72.8 Å². The van der Waals surface area contributed by atoms with Crippen LogP contribution in [0.5, 0.6) is 23.0 Å². The zero-order valence-electron chi connectivity index (χ0n) is 20.5. The van der Waals surface area contributed by atoms with E-state index in [-0.39, 0.29) is 17.4 Å². The molecule has 38 heavy (non-hydrogen) atoms. The van der Waals surface area contributed by atoms with E-state index in [4.69, 9.17) is 9.47 Å². The predicted molar refractivity (Wildman–Crippen MR) is 145 cm³/mol. The highest BCUT2D eigenvalue weighted by molar-refractivity contribution is 5.90. The summed E-state index contributed by atoms with van der Waals surface area (Å²) in [5.41, 5.74) is 5.65. The number of benzene rings is 4. The minimum absolute atomic E-state index is 0.0115. The Hall–Kier alpha value is -5.10. The molecular weight excluding hydrogens is 480 g/mol. The van der Waals surface area contributed by atoms with Crippen LogP contribution in [0.3, 0.4) is 0 Å². The van der Waals surface area contributed by atoms with Gasteiger partial charge in [-0.1, -0.05) is 43.3 Å². The van der Waals surface area contributed by atoms with Gasteiger partial charge in [-0.3, -0.25) is 0 Å². The fourth-order valence-electron chi connectivity index (χ4n) is 4.38. The SMILES string of the molecule is CC1c2cc(OC(=O)C=Cc3ccc(O)cc3)ccc2-c2ccc(OC(=O)C=Cc3ccc(O)cc3)cc21. The number of carbonyl (C=O) groups is 2. The summed E-state index contributed by atoms with van der Waals surface area (Å²) in [5.74, 6) is 0.199. The topological polar surface area (TPSA) is 93.1 Å². The number of fused-ring (bicyclic) bond motifs is 3. The van der Waals surface area contributed by atoms with Crippen molar-refractivity contribution in [3.05, 3.63) is 119 Å². The van der Waals surface area contributed by atoms with E-state index in [0.717, 1.165) is 33.4 Å². The van der Waals surface area contributed by atoms with Gasteiger partial charge >= 0.3 is 11.9 Å². The highest BCUT2D eigenvalue weighted by atomic mass is 16.5. The van der Waals surface area contributed by atoms with Gasteiger partial charge in [-0.05, 0) is 94.1 Å². The van der Waals surface area contributed by atoms with Gasteiger partial charge in [0.25, 0.3) is 0 Å². The first-order chi connectivity index (χ1) is 18.4. The van der Waals surface area contributed by atoms with Crippen LogP contribution in [0.25, 0.3) is 23.3 Å². The molecule has 0 fully saturated rings. The summed E-state index contributed by atoms with van der Waals surface area (Å²) in [5, 5.41) is 18.7. The Morgan fingerprint density at radius 3 is 1.42 bits per heavy atom. The number of esters is 2. The lowest BCUT2D eigenvalue weighted by atomic mass is 9.99. The third kappa shape index (κ3) is 5.50. The Balaban J connectivity index is 1.26. The summed E-state index contributed by atoms with van der Waals surface area (Å²) in [6.07, 6.45) is 5.93. The number of hydrogen-bond donors (Lipinski definition) is 2. The Morgan fingerprint density at radius 1 is 0.632 bits per heavy atom. The van der Waals surface area contributed by atoms with Crippen LogP contribution in [0.15, 0.2) is 97.1 Å². The molecule has 188 valence electrons. The van der Waals surface area contributed by atoms with Gasteiger partial charge in [-0.15, -0.1) is 0 Å². The summed E-state index contributed by atoms with van der Waals surface area (Å²) >= 11 is 0. The van der Waals surface area contributed by atoms with Crippen molar-refractivity contribution in [3.8, 4) is 34.1 Å². The average molecular weight is 505 g/mol. The number of rotatable bonds is 6. The molecule has 5 rings (SSSR count). The summed E-state index contributed by atoms with van der Waals surface area (Å²) in [6.45, 7) is 2.05. The third-order valence-corrected chi connectivity index (χ3v) is 6.32. The first-order valence-corrected chi connectivity index (χ1v) is 12.0. The van der Waals surface area contributed by atoms with Crippen molar-refractivity contribution < 1.29 is 29.3 Å². The van der Waals surface area contributed by atoms with Gasteiger partial charge < -0.3 is 19.7 Å². The normalized spacial score (nSPS) is 13.9. The van der Waals surface area contributed by atoms with Crippen molar-refractivity contribution in [2.45, 2.75) is 12.8 Å². The van der Waals surface area contributed by atoms with E-state index in [1.807, 2.05) is 24.3 Å². The molecule has 4 aromatic carbocycles. The molecule has 0 saturated heterocycles. The summed E-state index contributed by atoms with van der Waals surface area (Å²) in [4.78, 5) is 24.7. The number of aromatic hydroxyl groups is 2. The minimum Gasteiger partial charge on any atom is -0.508 e. The van der Waals surface area contributed by atoms with Gasteiger partial charge in [-0.2, -0.15) is 0 Å². The largest absolute Gasteiger partial charge is 0.508 e. The molecule has 0 atom stereocenters. The lowest BCUT2D eigenvalue weighted by Crippen LogP contribution is -2.04. The van der Waals surface area contributed by atoms with E-state index < -0.39 is 11.9 Å². The lowest BCUT2D eigenvalue weighted by Gasteiger charge is -2.09. The maximum atomic E-state index is 12.3. The van der Waals surface area contributed by atoms with Crippen LogP contribution in [0.2, 0.25) is 0 Å². The van der Waals surface area contributed by atoms with E-state index in [2.05, 4.69) is 6.92 Å². The van der Waals surface area contributed by atoms with Gasteiger partial charge in [-0.25, -0.2) is 9.59 Å². The molecule has 0 spiro atoms. The molecule has 2 N–H and O–H groups in total. The van der Waals surface area contributed by atoms with E-state index in [9.17, 15) is 19.8 Å². The van der Waals surface area contributed by atoms with Crippen molar-refractivity contribution in [2.24, 2.45) is 0 Å². The Kier molecular flexibility index (Phi) is 6.78. The van der Waals surface area contributed by atoms with Crippen LogP contribution < -0.4 is 9.47 Å². The van der Waals surface area contributed by atoms with Crippen LogP contribution in [-0.2, 0) is 9.59 Å². The summed E-state index contributed by atoms with van der Waals surface area (Å²) in [6, 6.07) is 24.1. The summed E-state index contributed by atoms with van der Waals surface area (Å²) in [7, 11) is 0. The van der Waals surface area contributed by atoms with Crippen LogP contribution in [-0.4, -0.2) is 22.2 Å². The molecule has 6 heteroatoms. The molecule has 0 radical (unpaired) electrons. The lowest BCUT2D eigenvalue weighted by molar-refractivity contribution is -0.129. The molecule has 0 aliphatic heterocycles. The average Bonchev–Trinajstić information content (AvgIpc) is 3.18. The summed E-state index contributed by atoms with van der Waals surface area (Å²) < 4.78 is 11.0. The monoisotopic (exact) mass is 504 g/mol. The van der Waals surface area contributed by atoms with Crippen molar-refractivity contribution in [2.75, 3.05) is 0 Å². The number of hydrogen-bond acceptors (Lipinski definition) is 6. The van der Waals surface area contributed by atoms with Crippen molar-refractivity contribution >= 4 is 24.1 Å². The molecule has 0 aromatic heterocycles. The maximum Gasteiger partial charge on any atom is 0.336 e. The highest BCUT2D eigenvalue weighted by Crippen LogP contribution is 2.47. The molecule has 0 saturated carbocycles. The minimum atomic E-state index is -0.504. The van der Waals surface area contributed by atoms with Crippen LogP contribution in [0.4, 0.5) is 0 Å². The van der Waals surface area contributed by atoms with Gasteiger partial charge in [0.05, 0.1) is 0 Å². The Labute approximate surface area is 219 Å². The standard InChI is InChI=1S/C32H24O6/c1-20-29-18-25(37-31(35)16-6-21-2-8-23(33)9-3-21)12-14-27(29)28-15-13-26(19-30(20)28)38-32(36)17-7-22-4-10-24(34)11-5-22/h2-20,33-34H,1H3. The van der Waals surface area contributed by atoms with Gasteiger partial charge in [0.1, 0.15) is 23.0 Å². The van der Waals surface area contributed by atoms with Crippen LogP contribution in [0.1, 0.15) is 35.1 Å². The first kappa shape index (κ1) is 24.6. The molecule has 0 bridgehead atoms. The molecule has 0 heterocycles. The van der Waals surface area contributed by atoms with Gasteiger partial charge in [0, 0.05) is 18.1 Å². The number of ether oxygens (including phenoxy) is 2. The Bertz CT molecular complexity index is 1440. The van der Waals surface area contributed by atoms with Crippen LogP contribution >= 0.6 is 0 Å². The van der Waals surface area contributed by atoms with Crippen molar-refractivity contribution in [1.29, 1.82) is 0 Å². The van der Waals surface area contributed by atoms with Crippen LogP contribution in [0, 0.1) is 0 Å². The molecule has 6 nitrogen and oxygen atoms in total. The van der Waals surface area contributed by atoms with Gasteiger partial charge in [0.2, 0.25) is 0 Å². The second-order valence-corrected chi connectivity index (χ2v) is 8.91. The predicted octanol–water partition coefficient (Wildman–Crippen LogP) is 6.47. The fourth-order valence-corrected chi connectivity index (χ4v) is 4.38. The van der Waals surface area contributed by atoms with Gasteiger partial charge in [0.15, 0.2) is 0 Å². The number of phenols is 2. The molecular formula is C32H24O6. The molecule has 0 unspecified atom stereocenters. The van der Waals surface area contributed by atoms with Crippen molar-refractivity contribution in [3.63, 3.8) is 0 Å². The van der Waals surface area contributed by atoms with E-state index in [1.165, 1.54) is 12.2 Å². The quantitative estimate of drug-likeness (QED) is 0.178. The molecule has 0 amide bonds. The third-order valence-electron chi connectivity index (χ3n) is 6.32. The molecule has 1 aliphatic carbocycles. The second-order valence-electron chi connectivity index (χ2n) is 8.91. The van der Waals surface area contributed by atoms with Crippen molar-refractivity contribution in [1.82, 2.24) is 0 Å². The fraction of sp³-hybridized carbons (Fsp3) is 0.0625. The zero-order chi connectivity index (χ0) is 26.6. The number of carbonyl (C=O) groups excluding carboxylic acids is 2. The van der Waals surface area contributed by atoms with E-state index in [0.29, 0.717) is 11.5 Å². The smallest absolute Gasteiger partial charge is 0.336 e. The maximum absolute atomic E-state index is 12.3. The molecule has 1 aliphatic rings. The first-order valence-electron chi connectivity index (χ1n) is 12.0. The number of phenolic OH excluding ortho intramolecular Hbond substituents is 2. The van der Waals surface area contributed by atoms with E-state index >= 15 is 0 Å². The zero-order valence-corrected chi connectivity index (χ0v) is 20.5. The second kappa shape index (κ2) is 10.5. The Morgan fingerprint density at radius 2 is 1.03 bits per heavy atom.